The molecule has 1 aromatic carbocycles. The van der Waals surface area contributed by atoms with Gasteiger partial charge >= 0.3 is 0 Å². The minimum atomic E-state index is 0.817. The maximum absolute atomic E-state index is 5.30. The van der Waals surface area contributed by atoms with E-state index in [2.05, 4.69) is 41.0 Å². The molecule has 0 aliphatic heterocycles. The first-order valence-electron chi connectivity index (χ1n) is 6.87. The van der Waals surface area contributed by atoms with Crippen LogP contribution >= 0.6 is 0 Å². The highest BCUT2D eigenvalue weighted by Crippen LogP contribution is 2.30. The van der Waals surface area contributed by atoms with Crippen molar-refractivity contribution >= 4 is 0 Å². The molecule has 0 bridgehead atoms. The molecule has 0 aliphatic rings. The van der Waals surface area contributed by atoms with E-state index < -0.39 is 0 Å². The summed E-state index contributed by atoms with van der Waals surface area (Å²) in [6.07, 6.45) is 2.10. The lowest BCUT2D eigenvalue weighted by molar-refractivity contribution is 0.393. The van der Waals surface area contributed by atoms with E-state index >= 15 is 0 Å². The molecular weight excluding hydrogens is 264 g/mol. The smallest absolute Gasteiger partial charge is 0.157 e. The van der Waals surface area contributed by atoms with Crippen molar-refractivity contribution in [3.63, 3.8) is 0 Å². The zero-order chi connectivity index (χ0) is 15.0. The topological polar surface area (TPSA) is 40.2 Å². The molecule has 0 atom stereocenters. The van der Waals surface area contributed by atoms with Gasteiger partial charge in [-0.3, -0.25) is 0 Å². The van der Waals surface area contributed by atoms with E-state index in [0.29, 0.717) is 0 Å². The molecule has 21 heavy (non-hydrogen) atoms. The predicted octanol–water partition coefficient (Wildman–Crippen LogP) is 4.07. The Morgan fingerprint density at radius 2 is 1.81 bits per heavy atom. The molecule has 2 aromatic heterocycles. The summed E-state index contributed by atoms with van der Waals surface area (Å²) in [5, 5.41) is 4.05. The van der Waals surface area contributed by atoms with E-state index in [4.69, 9.17) is 9.26 Å². The average molecular weight is 282 g/mol. The monoisotopic (exact) mass is 282 g/mol. The van der Waals surface area contributed by atoms with Gasteiger partial charge in [0, 0.05) is 6.20 Å². The molecule has 4 heteroatoms. The van der Waals surface area contributed by atoms with E-state index in [1.165, 1.54) is 5.56 Å². The van der Waals surface area contributed by atoms with Crippen LogP contribution in [0.5, 0.6) is 5.75 Å². The van der Waals surface area contributed by atoms with Gasteiger partial charge in [-0.05, 0) is 62.2 Å². The lowest BCUT2D eigenvalue weighted by atomic mass is 10.1. The van der Waals surface area contributed by atoms with Crippen LogP contribution in [0, 0.1) is 20.8 Å². The van der Waals surface area contributed by atoms with Crippen molar-refractivity contribution < 1.29 is 9.26 Å². The van der Waals surface area contributed by atoms with Crippen LogP contribution in [0.1, 0.15) is 17.0 Å². The van der Waals surface area contributed by atoms with Crippen molar-refractivity contribution in [2.75, 3.05) is 7.11 Å². The number of methoxy groups -OCH3 is 1. The second kappa shape index (κ2) is 5.13. The summed E-state index contributed by atoms with van der Waals surface area (Å²) in [6.45, 7) is 5.98. The molecule has 0 aliphatic carbocycles. The van der Waals surface area contributed by atoms with Crippen LogP contribution in [0.4, 0.5) is 0 Å². The molecule has 0 fully saturated rings. The van der Waals surface area contributed by atoms with Gasteiger partial charge in [-0.2, -0.15) is 0 Å². The molecule has 0 radical (unpaired) electrons. The fourth-order valence-corrected chi connectivity index (χ4v) is 2.59. The van der Waals surface area contributed by atoms with Gasteiger partial charge in [0.2, 0.25) is 0 Å². The number of aryl methyl sites for hydroxylation is 3. The molecule has 0 unspecified atom stereocenters. The van der Waals surface area contributed by atoms with Gasteiger partial charge in [-0.25, -0.2) is 0 Å². The third-order valence-electron chi connectivity index (χ3n) is 3.58. The minimum Gasteiger partial charge on any atom is -0.497 e. The van der Waals surface area contributed by atoms with E-state index in [0.717, 1.165) is 34.1 Å². The summed E-state index contributed by atoms with van der Waals surface area (Å²) in [4.78, 5) is 0. The second-order valence-corrected chi connectivity index (χ2v) is 5.17. The molecule has 0 saturated heterocycles. The Morgan fingerprint density at radius 1 is 1.10 bits per heavy atom. The third-order valence-corrected chi connectivity index (χ3v) is 3.58. The van der Waals surface area contributed by atoms with Crippen LogP contribution in [0.15, 0.2) is 41.1 Å². The second-order valence-electron chi connectivity index (χ2n) is 5.17. The SMILES string of the molecule is COc1ccc(-c2cc(C)cn2-c2c(C)noc2C)cc1. The summed E-state index contributed by atoms with van der Waals surface area (Å²) < 4.78 is 12.7. The molecule has 0 saturated carbocycles. The Kier molecular flexibility index (Phi) is 3.29. The van der Waals surface area contributed by atoms with Crippen LogP contribution in [0.25, 0.3) is 16.9 Å². The predicted molar refractivity (Wildman–Crippen MR) is 82.0 cm³/mol. The normalized spacial score (nSPS) is 10.9. The zero-order valence-electron chi connectivity index (χ0n) is 12.7. The van der Waals surface area contributed by atoms with Crippen molar-refractivity contribution in [1.29, 1.82) is 0 Å². The van der Waals surface area contributed by atoms with Crippen LogP contribution < -0.4 is 4.74 Å². The molecule has 4 nitrogen and oxygen atoms in total. The fourth-order valence-electron chi connectivity index (χ4n) is 2.59. The van der Waals surface area contributed by atoms with Crippen molar-refractivity contribution in [1.82, 2.24) is 9.72 Å². The van der Waals surface area contributed by atoms with E-state index in [1.807, 2.05) is 26.0 Å². The molecule has 2 heterocycles. The number of hydrogen-bond donors (Lipinski definition) is 0. The number of hydrogen-bond acceptors (Lipinski definition) is 3. The lowest BCUT2D eigenvalue weighted by Crippen LogP contribution is -1.97. The van der Waals surface area contributed by atoms with Crippen molar-refractivity contribution in [3.8, 4) is 22.7 Å². The van der Waals surface area contributed by atoms with Gasteiger partial charge in [0.15, 0.2) is 5.76 Å². The van der Waals surface area contributed by atoms with Gasteiger partial charge in [0.05, 0.1) is 12.8 Å². The quantitative estimate of drug-likeness (QED) is 0.727. The summed E-state index contributed by atoms with van der Waals surface area (Å²) in [5.41, 5.74) is 5.33. The first-order valence-corrected chi connectivity index (χ1v) is 6.87. The van der Waals surface area contributed by atoms with Gasteiger partial charge < -0.3 is 13.8 Å². The number of nitrogens with zero attached hydrogens (tertiary/aromatic N) is 2. The number of ether oxygens (including phenoxy) is 1. The average Bonchev–Trinajstić information content (AvgIpc) is 3.02. The van der Waals surface area contributed by atoms with Gasteiger partial charge in [0.25, 0.3) is 0 Å². The zero-order valence-corrected chi connectivity index (χ0v) is 12.7. The highest BCUT2D eigenvalue weighted by atomic mass is 16.5. The minimum absolute atomic E-state index is 0.817. The van der Waals surface area contributed by atoms with E-state index in [9.17, 15) is 0 Å². The van der Waals surface area contributed by atoms with Crippen molar-refractivity contribution in [3.05, 3.63) is 53.5 Å². The van der Waals surface area contributed by atoms with Crippen LogP contribution in [-0.2, 0) is 0 Å². The molecular formula is C17H18N2O2. The summed E-state index contributed by atoms with van der Waals surface area (Å²) in [7, 11) is 1.67. The van der Waals surface area contributed by atoms with Crippen molar-refractivity contribution in [2.45, 2.75) is 20.8 Å². The fraction of sp³-hybridized carbons (Fsp3) is 0.235. The van der Waals surface area contributed by atoms with Crippen LogP contribution in [-0.4, -0.2) is 16.8 Å². The standard InChI is InChI=1S/C17H18N2O2/c1-11-9-16(14-5-7-15(20-4)8-6-14)19(10-11)17-12(2)18-21-13(17)3/h5-10H,1-4H3. The van der Waals surface area contributed by atoms with Gasteiger partial charge in [-0.15, -0.1) is 0 Å². The first kappa shape index (κ1) is 13.5. The van der Waals surface area contributed by atoms with E-state index in [1.54, 1.807) is 7.11 Å². The van der Waals surface area contributed by atoms with Gasteiger partial charge in [0.1, 0.15) is 17.1 Å². The maximum atomic E-state index is 5.30. The first-order chi connectivity index (χ1) is 10.1. The summed E-state index contributed by atoms with van der Waals surface area (Å²) in [5.74, 6) is 1.67. The molecule has 0 N–H and O–H groups in total. The Balaban J connectivity index is 2.15. The Hall–Kier alpha value is -2.49. The van der Waals surface area contributed by atoms with E-state index in [-0.39, 0.29) is 0 Å². The Labute approximate surface area is 124 Å². The van der Waals surface area contributed by atoms with Crippen LogP contribution in [0.2, 0.25) is 0 Å². The summed E-state index contributed by atoms with van der Waals surface area (Å²) in [6, 6.07) is 10.2. The number of benzene rings is 1. The Morgan fingerprint density at radius 3 is 2.38 bits per heavy atom. The number of rotatable bonds is 3. The molecule has 3 aromatic rings. The molecule has 108 valence electrons. The van der Waals surface area contributed by atoms with Crippen LogP contribution in [0.3, 0.4) is 0 Å². The largest absolute Gasteiger partial charge is 0.497 e. The van der Waals surface area contributed by atoms with Gasteiger partial charge in [-0.1, -0.05) is 5.16 Å². The maximum Gasteiger partial charge on any atom is 0.157 e. The highest BCUT2D eigenvalue weighted by molar-refractivity contribution is 5.65. The lowest BCUT2D eigenvalue weighted by Gasteiger charge is -2.09. The number of aromatic nitrogens is 2. The molecule has 0 spiro atoms. The molecule has 0 amide bonds. The molecule has 3 rings (SSSR count). The third kappa shape index (κ3) is 2.33. The summed E-state index contributed by atoms with van der Waals surface area (Å²) >= 11 is 0. The Bertz CT molecular complexity index is 747. The highest BCUT2D eigenvalue weighted by Gasteiger charge is 2.15. The van der Waals surface area contributed by atoms with Crippen molar-refractivity contribution in [2.24, 2.45) is 0 Å².